The molecule has 5 heteroatoms. The minimum atomic E-state index is -0.327. The normalized spacial score (nSPS) is 11.0. The molecule has 0 atom stereocenters. The number of hydrogen-bond acceptors (Lipinski definition) is 3. The van der Waals surface area contributed by atoms with E-state index < -0.39 is 0 Å². The Kier molecular flexibility index (Phi) is 3.88. The first-order chi connectivity index (χ1) is 6.65. The van der Waals surface area contributed by atoms with Crippen molar-refractivity contribution in [2.45, 2.75) is 19.9 Å². The maximum absolute atomic E-state index is 11.3. The van der Waals surface area contributed by atoms with Crippen molar-refractivity contribution >= 4 is 21.7 Å². The highest BCUT2D eigenvalue weighted by molar-refractivity contribution is 9.10. The van der Waals surface area contributed by atoms with Gasteiger partial charge >= 0.3 is 5.69 Å². The van der Waals surface area contributed by atoms with Crippen molar-refractivity contribution in [3.8, 4) is 0 Å². The highest BCUT2D eigenvalue weighted by Crippen LogP contribution is 2.12. The number of anilines is 1. The Bertz CT molecular complexity index is 398. The van der Waals surface area contributed by atoms with Crippen LogP contribution >= 0.6 is 15.9 Å². The summed E-state index contributed by atoms with van der Waals surface area (Å²) in [5.74, 6) is 0.228. The molecule has 1 heterocycles. The highest BCUT2D eigenvalue weighted by Gasteiger charge is 2.01. The Labute approximate surface area is 90.6 Å². The van der Waals surface area contributed by atoms with E-state index in [-0.39, 0.29) is 11.5 Å². The summed E-state index contributed by atoms with van der Waals surface area (Å²) >= 11 is 3.22. The van der Waals surface area contributed by atoms with Crippen LogP contribution < -0.4 is 11.4 Å². The maximum Gasteiger partial charge on any atom is 0.349 e. The third-order valence-electron chi connectivity index (χ3n) is 1.68. The van der Waals surface area contributed by atoms with E-state index in [0.717, 1.165) is 6.42 Å². The zero-order valence-electron chi connectivity index (χ0n) is 7.90. The van der Waals surface area contributed by atoms with Gasteiger partial charge in [-0.1, -0.05) is 19.1 Å². The quantitative estimate of drug-likeness (QED) is 0.837. The molecule has 1 rings (SSSR count). The van der Waals surface area contributed by atoms with Gasteiger partial charge in [-0.05, 0) is 22.4 Å². The van der Waals surface area contributed by atoms with Crippen LogP contribution in [0.15, 0.2) is 27.6 Å². The molecule has 0 saturated heterocycles. The number of halogens is 1. The van der Waals surface area contributed by atoms with Gasteiger partial charge < -0.3 is 5.73 Å². The summed E-state index contributed by atoms with van der Waals surface area (Å²) in [7, 11) is 0. The van der Waals surface area contributed by atoms with E-state index in [1.54, 1.807) is 6.20 Å². The van der Waals surface area contributed by atoms with Crippen LogP contribution in [0.25, 0.3) is 0 Å². The molecule has 4 nitrogen and oxygen atoms in total. The lowest BCUT2D eigenvalue weighted by Crippen LogP contribution is -2.23. The van der Waals surface area contributed by atoms with E-state index in [9.17, 15) is 4.79 Å². The molecule has 0 unspecified atom stereocenters. The van der Waals surface area contributed by atoms with Crippen molar-refractivity contribution in [2.24, 2.45) is 0 Å². The van der Waals surface area contributed by atoms with Crippen molar-refractivity contribution < 1.29 is 0 Å². The minimum Gasteiger partial charge on any atom is -0.383 e. The van der Waals surface area contributed by atoms with E-state index in [1.165, 1.54) is 4.57 Å². The van der Waals surface area contributed by atoms with Gasteiger partial charge in [0, 0.05) is 12.7 Å². The lowest BCUT2D eigenvalue weighted by atomic mass is 10.4. The van der Waals surface area contributed by atoms with Crippen LogP contribution in [0.1, 0.15) is 13.3 Å². The molecule has 14 heavy (non-hydrogen) atoms. The molecular weight excluding hydrogens is 246 g/mol. The van der Waals surface area contributed by atoms with E-state index >= 15 is 0 Å². The summed E-state index contributed by atoms with van der Waals surface area (Å²) in [6.07, 6.45) is 6.52. The van der Waals surface area contributed by atoms with Gasteiger partial charge in [-0.15, -0.1) is 0 Å². The average Bonchev–Trinajstić information content (AvgIpc) is 2.14. The van der Waals surface area contributed by atoms with Gasteiger partial charge in [0.1, 0.15) is 5.82 Å². The predicted molar refractivity (Wildman–Crippen MR) is 60.0 cm³/mol. The maximum atomic E-state index is 11.3. The summed E-state index contributed by atoms with van der Waals surface area (Å²) in [6.45, 7) is 2.56. The summed E-state index contributed by atoms with van der Waals surface area (Å²) in [5, 5.41) is 0. The van der Waals surface area contributed by atoms with Crippen molar-refractivity contribution in [1.82, 2.24) is 9.55 Å². The van der Waals surface area contributed by atoms with Crippen molar-refractivity contribution in [1.29, 1.82) is 0 Å². The second-order valence-corrected chi connectivity index (χ2v) is 3.64. The number of aromatic nitrogens is 2. The molecule has 0 radical (unpaired) electrons. The third kappa shape index (κ3) is 2.70. The molecule has 0 fully saturated rings. The Hall–Kier alpha value is -1.10. The summed E-state index contributed by atoms with van der Waals surface area (Å²) in [5.41, 5.74) is 5.13. The van der Waals surface area contributed by atoms with Gasteiger partial charge in [0.15, 0.2) is 0 Å². The minimum absolute atomic E-state index is 0.228. The first-order valence-corrected chi connectivity index (χ1v) is 5.12. The molecule has 1 aromatic heterocycles. The van der Waals surface area contributed by atoms with Gasteiger partial charge in [-0.3, -0.25) is 4.57 Å². The third-order valence-corrected chi connectivity index (χ3v) is 2.29. The Morgan fingerprint density at radius 1 is 1.64 bits per heavy atom. The van der Waals surface area contributed by atoms with Crippen LogP contribution in [-0.2, 0) is 6.54 Å². The van der Waals surface area contributed by atoms with Gasteiger partial charge in [-0.2, -0.15) is 4.98 Å². The number of nitrogens with two attached hydrogens (primary N) is 1. The van der Waals surface area contributed by atoms with Crippen LogP contribution in [0.2, 0.25) is 0 Å². The molecular formula is C9H12BrN3O. The second kappa shape index (κ2) is 4.95. The van der Waals surface area contributed by atoms with Crippen molar-refractivity contribution in [2.75, 3.05) is 5.73 Å². The molecule has 1 aromatic rings. The van der Waals surface area contributed by atoms with Crippen LogP contribution in [0.3, 0.4) is 0 Å². The molecule has 0 bridgehead atoms. The topological polar surface area (TPSA) is 60.9 Å². The lowest BCUT2D eigenvalue weighted by Gasteiger charge is -2.02. The fourth-order valence-corrected chi connectivity index (χ4v) is 1.30. The fraction of sp³-hybridized carbons (Fsp3) is 0.333. The number of hydrogen-bond donors (Lipinski definition) is 1. The number of nitrogen functional groups attached to an aromatic ring is 1. The standard InChI is InChI=1S/C9H12BrN3O/c1-2-3-4-5-13-6-7(10)8(11)12-9(13)14/h3-4,6H,2,5H2,1H3,(H2,11,12,14)/b4-3+. The molecule has 0 saturated carbocycles. The Morgan fingerprint density at radius 3 is 3.00 bits per heavy atom. The Balaban J connectivity index is 2.93. The van der Waals surface area contributed by atoms with Gasteiger partial charge in [0.05, 0.1) is 4.47 Å². The van der Waals surface area contributed by atoms with Crippen molar-refractivity contribution in [3.05, 3.63) is 33.3 Å². The second-order valence-electron chi connectivity index (χ2n) is 2.79. The average molecular weight is 258 g/mol. The smallest absolute Gasteiger partial charge is 0.349 e. The van der Waals surface area contributed by atoms with Gasteiger partial charge in [0.2, 0.25) is 0 Å². The van der Waals surface area contributed by atoms with Crippen LogP contribution in [0.4, 0.5) is 5.82 Å². The molecule has 0 aliphatic rings. The number of allylic oxidation sites excluding steroid dienone is 2. The van der Waals surface area contributed by atoms with Crippen molar-refractivity contribution in [3.63, 3.8) is 0 Å². The van der Waals surface area contributed by atoms with Gasteiger partial charge in [-0.25, -0.2) is 4.79 Å². The zero-order chi connectivity index (χ0) is 10.6. The Morgan fingerprint density at radius 2 is 2.36 bits per heavy atom. The molecule has 0 amide bonds. The van der Waals surface area contributed by atoms with E-state index in [4.69, 9.17) is 5.73 Å². The van der Waals surface area contributed by atoms with E-state index in [2.05, 4.69) is 20.9 Å². The predicted octanol–water partition coefficient (Wildman–Crippen LogP) is 1.55. The van der Waals surface area contributed by atoms with Gasteiger partial charge in [0.25, 0.3) is 0 Å². The van der Waals surface area contributed by atoms with E-state index in [0.29, 0.717) is 11.0 Å². The highest BCUT2D eigenvalue weighted by atomic mass is 79.9. The molecule has 76 valence electrons. The first kappa shape index (κ1) is 11.0. The fourth-order valence-electron chi connectivity index (χ4n) is 0.964. The SMILES string of the molecule is CC/C=C/Cn1cc(Br)c(N)nc1=O. The molecule has 0 aliphatic carbocycles. The molecule has 2 N–H and O–H groups in total. The van der Waals surface area contributed by atoms with Crippen LogP contribution in [0.5, 0.6) is 0 Å². The van der Waals surface area contributed by atoms with Crippen LogP contribution in [0, 0.1) is 0 Å². The summed E-state index contributed by atoms with van der Waals surface area (Å²) in [4.78, 5) is 15.0. The largest absolute Gasteiger partial charge is 0.383 e. The lowest BCUT2D eigenvalue weighted by molar-refractivity contribution is 0.740. The molecule has 0 spiro atoms. The number of nitrogens with zero attached hydrogens (tertiary/aromatic N) is 2. The molecule has 0 aliphatic heterocycles. The zero-order valence-corrected chi connectivity index (χ0v) is 9.49. The monoisotopic (exact) mass is 257 g/mol. The summed E-state index contributed by atoms with van der Waals surface area (Å²) in [6, 6.07) is 0. The summed E-state index contributed by atoms with van der Waals surface area (Å²) < 4.78 is 2.13. The first-order valence-electron chi connectivity index (χ1n) is 4.32. The molecule has 0 aromatic carbocycles. The van der Waals surface area contributed by atoms with E-state index in [1.807, 2.05) is 19.1 Å². The van der Waals surface area contributed by atoms with Crippen LogP contribution in [-0.4, -0.2) is 9.55 Å². The number of rotatable bonds is 3.